The van der Waals surface area contributed by atoms with Crippen molar-refractivity contribution in [2.75, 3.05) is 0 Å². The van der Waals surface area contributed by atoms with E-state index in [9.17, 15) is 10.2 Å². The SMILES string of the molecule is CC(C)(C)c1cc(C[S]2=[Ti]=[S@@](Cc3cc(C(C)(C)C)cc(-c4ccccn4)c3O)C3CCCCCC[C@@H]32)c(O)c(-c2ccccn2)c1.[CH2-]c1ccccc1.[CH2-]c1ccccc1. The third-order valence-electron chi connectivity index (χ3n) is 11.4. The molecule has 6 aromatic rings. The first kappa shape index (κ1) is 46.4. The van der Waals surface area contributed by atoms with Crippen molar-refractivity contribution in [3.63, 3.8) is 0 Å². The zero-order valence-corrected chi connectivity index (χ0v) is 40.2. The average Bonchev–Trinajstić information content (AvgIpc) is 3.53. The number of hydrogen-bond donors (Lipinski definition) is 2. The molecule has 4 nitrogen and oxygen atoms in total. The van der Waals surface area contributed by atoms with Crippen molar-refractivity contribution in [3.8, 4) is 34.0 Å². The third-order valence-corrected chi connectivity index (χ3v) is 27.3. The predicted molar refractivity (Wildman–Crippen MR) is 260 cm³/mol. The standard InChI is InChI=1S/C40H50N2O2S2.2C7H7.Ti/c1-39(2,3)29-21-27(37(43)31(23-29)33-15-11-13-19-41-33)25-45-35-17-9-7-8-10-18-36(35)46-26-28-22-30(40(4,5)6)24-32(38(28)44)34-16-12-14-20-42-34;2*1-7-5-3-2-4-6-7;/h11-16,19-24,35-36,43-44H,7-10,17-18,25-26H2,1-6H3;2*2-6H,1H2;/q;2*-1;/t35-,36?;;;/m0.../s1. The molecule has 0 saturated heterocycles. The van der Waals surface area contributed by atoms with Gasteiger partial charge in [-0.1, -0.05) is 12.1 Å². The molecule has 2 unspecified atom stereocenters. The summed E-state index contributed by atoms with van der Waals surface area (Å²) >= 11 is -0.330. The van der Waals surface area contributed by atoms with Crippen molar-refractivity contribution in [1.29, 1.82) is 0 Å². The number of aromatic nitrogens is 2. The fourth-order valence-electron chi connectivity index (χ4n) is 7.80. The number of fused-ring (bicyclic) bond motifs is 1. The summed E-state index contributed by atoms with van der Waals surface area (Å²) in [6, 6.07) is 40.6. The number of aromatic hydroxyl groups is 2. The van der Waals surface area contributed by atoms with Crippen LogP contribution in [0.1, 0.15) is 113 Å². The Morgan fingerprint density at radius 2 is 0.918 bits per heavy atom. The van der Waals surface area contributed by atoms with Crippen molar-refractivity contribution in [3.05, 3.63) is 181 Å². The normalized spacial score (nSPS) is 18.7. The van der Waals surface area contributed by atoms with Crippen LogP contribution in [-0.4, -0.2) is 30.7 Å². The van der Waals surface area contributed by atoms with Crippen LogP contribution in [0.2, 0.25) is 0 Å². The van der Waals surface area contributed by atoms with Gasteiger partial charge >= 0.3 is 294 Å². The maximum absolute atomic E-state index is 11.8. The Kier molecular flexibility index (Phi) is 16.2. The Bertz CT molecular complexity index is 2250. The van der Waals surface area contributed by atoms with Crippen LogP contribution >= 0.6 is 15.9 Å². The molecule has 61 heavy (non-hydrogen) atoms. The van der Waals surface area contributed by atoms with Gasteiger partial charge in [0.25, 0.3) is 0 Å². The summed E-state index contributed by atoms with van der Waals surface area (Å²) in [5.74, 6) is 2.77. The smallest absolute Gasteiger partial charge is 0.0866 e. The maximum Gasteiger partial charge on any atom is -0.0866 e. The number of hydrogen-bond acceptors (Lipinski definition) is 4. The number of phenolic OH excluding ortho intramolecular Hbond substituents is 2. The van der Waals surface area contributed by atoms with E-state index in [1.807, 2.05) is 109 Å². The third kappa shape index (κ3) is 12.8. The summed E-state index contributed by atoms with van der Waals surface area (Å²) in [5.41, 5.74) is 10.2. The van der Waals surface area contributed by atoms with E-state index in [1.54, 1.807) is 0 Å². The molecule has 0 radical (unpaired) electrons. The molecule has 0 amide bonds. The average molecular weight is 885 g/mol. The quantitative estimate of drug-likeness (QED) is 0.129. The summed E-state index contributed by atoms with van der Waals surface area (Å²) in [4.78, 5) is 9.28. The van der Waals surface area contributed by atoms with Gasteiger partial charge in [0.05, 0.1) is 0 Å². The molecule has 1 saturated carbocycles. The van der Waals surface area contributed by atoms with E-state index in [2.05, 4.69) is 89.6 Å². The fourth-order valence-corrected chi connectivity index (χ4v) is 28.6. The maximum atomic E-state index is 11.8. The summed E-state index contributed by atoms with van der Waals surface area (Å²) in [5, 5.41) is 25.1. The van der Waals surface area contributed by atoms with Gasteiger partial charge in [0, 0.05) is 0 Å². The van der Waals surface area contributed by atoms with Crippen LogP contribution in [0.25, 0.3) is 22.5 Å². The summed E-state index contributed by atoms with van der Waals surface area (Å²) in [6.45, 7) is 21.0. The van der Waals surface area contributed by atoms with Gasteiger partial charge in [0.1, 0.15) is 0 Å². The fraction of sp³-hybridized carbons (Fsp3) is 0.333. The first-order valence-electron chi connectivity index (χ1n) is 21.6. The molecule has 7 heteroatoms. The number of nitrogens with zero attached hydrogens (tertiary/aromatic N) is 2. The molecule has 3 heterocycles. The molecule has 2 aromatic heterocycles. The van der Waals surface area contributed by atoms with Gasteiger partial charge in [-0.3, -0.25) is 0 Å². The largest absolute Gasteiger partial charge is 0.199 e. The van der Waals surface area contributed by atoms with Gasteiger partial charge in [-0.05, 0) is 0 Å². The van der Waals surface area contributed by atoms with Crippen molar-refractivity contribution in [2.24, 2.45) is 0 Å². The Labute approximate surface area is 376 Å². The number of phenols is 2. The van der Waals surface area contributed by atoms with Gasteiger partial charge < -0.3 is 0 Å². The summed E-state index contributed by atoms with van der Waals surface area (Å²) in [6.07, 6.45) is 11.6. The van der Waals surface area contributed by atoms with Crippen LogP contribution in [-0.2, 0) is 37.8 Å². The molecule has 0 spiro atoms. The van der Waals surface area contributed by atoms with Gasteiger partial charge in [0.2, 0.25) is 0 Å². The van der Waals surface area contributed by atoms with Crippen LogP contribution in [0.5, 0.6) is 11.5 Å². The van der Waals surface area contributed by atoms with Crippen molar-refractivity contribution in [2.45, 2.75) is 113 Å². The number of rotatable bonds is 6. The van der Waals surface area contributed by atoms with Crippen molar-refractivity contribution < 1.29 is 25.7 Å². The van der Waals surface area contributed by atoms with E-state index >= 15 is 0 Å². The molecule has 1 aliphatic heterocycles. The van der Waals surface area contributed by atoms with Crippen LogP contribution in [0.3, 0.4) is 0 Å². The van der Waals surface area contributed by atoms with Crippen LogP contribution in [0.4, 0.5) is 0 Å². The Hall–Kier alpha value is -4.07. The molecule has 2 N–H and O–H groups in total. The van der Waals surface area contributed by atoms with Crippen LogP contribution in [0.15, 0.2) is 134 Å². The van der Waals surface area contributed by atoms with Crippen LogP contribution in [0, 0.1) is 13.8 Å². The Morgan fingerprint density at radius 3 is 1.23 bits per heavy atom. The van der Waals surface area contributed by atoms with E-state index in [0.29, 0.717) is 11.5 Å². The molecular formula is C54H64N2O2S2Ti-2. The second kappa shape index (κ2) is 21.3. The van der Waals surface area contributed by atoms with Gasteiger partial charge in [-0.15, -0.1) is 24.3 Å². The topological polar surface area (TPSA) is 66.2 Å². The zero-order valence-electron chi connectivity index (χ0n) is 37.0. The number of pyridine rings is 2. The van der Waals surface area contributed by atoms with E-state index < -0.39 is 0 Å². The zero-order chi connectivity index (χ0) is 43.6. The van der Waals surface area contributed by atoms with Gasteiger partial charge in [-0.2, -0.15) is 49.2 Å². The predicted octanol–water partition coefficient (Wildman–Crippen LogP) is 14.8. The Morgan fingerprint density at radius 1 is 0.541 bits per heavy atom. The minimum Gasteiger partial charge on any atom is -0.199 e. The monoisotopic (exact) mass is 884 g/mol. The molecule has 1 aliphatic carbocycles. The number of benzene rings is 4. The molecule has 4 atom stereocenters. The second-order valence-electron chi connectivity index (χ2n) is 18.3. The molecule has 8 rings (SSSR count). The first-order valence-corrected chi connectivity index (χ1v) is 28.4. The molecule has 2 aliphatic rings. The van der Waals surface area contributed by atoms with Gasteiger partial charge in [-0.25, -0.2) is 0 Å². The van der Waals surface area contributed by atoms with E-state index in [4.69, 9.17) is 0 Å². The minimum absolute atomic E-state index is 0.0327. The van der Waals surface area contributed by atoms with E-state index in [1.165, 1.54) is 49.7 Å². The van der Waals surface area contributed by atoms with Crippen molar-refractivity contribution >= 4 is 15.9 Å². The molecule has 320 valence electrons. The minimum atomic E-state index is -0.330. The van der Waals surface area contributed by atoms with E-state index in [-0.39, 0.29) is 42.2 Å². The first-order chi connectivity index (χ1) is 29.2. The summed E-state index contributed by atoms with van der Waals surface area (Å²) < 4.78 is 0. The summed E-state index contributed by atoms with van der Waals surface area (Å²) in [7, 11) is 0.530. The molecular weight excluding hydrogens is 821 g/mol. The van der Waals surface area contributed by atoms with Gasteiger partial charge in [0.15, 0.2) is 0 Å². The van der Waals surface area contributed by atoms with Crippen molar-refractivity contribution in [1.82, 2.24) is 9.97 Å². The molecule has 0 bridgehead atoms. The second-order valence-corrected chi connectivity index (χ2v) is 29.7. The Balaban J connectivity index is 0.000000375. The molecule has 1 fully saturated rings. The van der Waals surface area contributed by atoms with Crippen LogP contribution < -0.4 is 0 Å². The molecule has 4 aromatic carbocycles. The van der Waals surface area contributed by atoms with E-state index in [0.717, 1.165) is 66.8 Å².